The first kappa shape index (κ1) is 16.4. The van der Waals surface area contributed by atoms with E-state index in [9.17, 15) is 4.79 Å². The lowest BCUT2D eigenvalue weighted by Gasteiger charge is -2.26. The number of nitrogens with one attached hydrogen (secondary N) is 1. The van der Waals surface area contributed by atoms with Crippen LogP contribution >= 0.6 is 0 Å². The van der Waals surface area contributed by atoms with Crippen molar-refractivity contribution in [3.8, 4) is 11.5 Å². The molecule has 4 rings (SSSR count). The Morgan fingerprint density at radius 1 is 1.23 bits per heavy atom. The molecule has 2 aromatic carbocycles. The highest BCUT2D eigenvalue weighted by Gasteiger charge is 2.21. The third kappa shape index (κ3) is 3.22. The number of carbonyl (C=O) groups is 1. The van der Waals surface area contributed by atoms with Crippen molar-refractivity contribution in [1.82, 2.24) is 10.5 Å². The van der Waals surface area contributed by atoms with Crippen molar-refractivity contribution in [2.24, 2.45) is 0 Å². The summed E-state index contributed by atoms with van der Waals surface area (Å²) in [6, 6.07) is 11.5. The van der Waals surface area contributed by atoms with E-state index in [0.29, 0.717) is 24.6 Å². The quantitative estimate of drug-likeness (QED) is 0.781. The Kier molecular flexibility index (Phi) is 4.24. The zero-order chi connectivity index (χ0) is 18.1. The monoisotopic (exact) mass is 352 g/mol. The van der Waals surface area contributed by atoms with E-state index in [1.807, 2.05) is 50.2 Å². The second kappa shape index (κ2) is 6.71. The number of amides is 1. The number of aryl methyl sites for hydroxylation is 2. The number of hydrogen-bond donors (Lipinski definition) is 1. The van der Waals surface area contributed by atoms with Gasteiger partial charge in [-0.1, -0.05) is 23.4 Å². The maximum atomic E-state index is 12.3. The van der Waals surface area contributed by atoms with Crippen LogP contribution in [0.2, 0.25) is 0 Å². The van der Waals surface area contributed by atoms with Gasteiger partial charge in [-0.2, -0.15) is 0 Å². The number of rotatable bonds is 4. The van der Waals surface area contributed by atoms with E-state index in [4.69, 9.17) is 14.0 Å². The highest BCUT2D eigenvalue weighted by Crippen LogP contribution is 2.30. The van der Waals surface area contributed by atoms with E-state index in [2.05, 4.69) is 10.5 Å². The predicted octanol–water partition coefficient (Wildman–Crippen LogP) is 2.94. The van der Waals surface area contributed by atoms with Gasteiger partial charge in [-0.15, -0.1) is 0 Å². The molecular weight excluding hydrogens is 332 g/mol. The summed E-state index contributed by atoms with van der Waals surface area (Å²) in [7, 11) is 0. The molecule has 1 aromatic heterocycles. The van der Waals surface area contributed by atoms with Gasteiger partial charge in [-0.05, 0) is 43.2 Å². The Labute approximate surface area is 151 Å². The molecule has 1 amide bonds. The first-order chi connectivity index (χ1) is 12.6. The molecule has 6 nitrogen and oxygen atoms in total. The lowest BCUT2D eigenvalue weighted by atomic mass is 10.1. The maximum absolute atomic E-state index is 12.3. The average Bonchev–Trinajstić information content (AvgIpc) is 3.03. The molecular formula is C20H20N2O4. The van der Waals surface area contributed by atoms with Gasteiger partial charge in [-0.25, -0.2) is 0 Å². The van der Waals surface area contributed by atoms with Crippen LogP contribution in [0.1, 0.15) is 16.8 Å². The third-order valence-electron chi connectivity index (χ3n) is 4.40. The Morgan fingerprint density at radius 2 is 2.04 bits per heavy atom. The third-order valence-corrected chi connectivity index (χ3v) is 4.40. The van der Waals surface area contributed by atoms with E-state index in [0.717, 1.165) is 27.8 Å². The number of benzene rings is 2. The highest BCUT2D eigenvalue weighted by atomic mass is 16.6. The average molecular weight is 352 g/mol. The number of carbonyl (C=O) groups excluding carboxylic acids is 1. The van der Waals surface area contributed by atoms with Crippen molar-refractivity contribution in [1.29, 1.82) is 0 Å². The molecule has 0 bridgehead atoms. The second-order valence-electron chi connectivity index (χ2n) is 6.57. The van der Waals surface area contributed by atoms with Gasteiger partial charge in [0.05, 0.1) is 13.0 Å². The van der Waals surface area contributed by atoms with Crippen LogP contribution in [0.15, 0.2) is 40.9 Å². The second-order valence-corrected chi connectivity index (χ2v) is 6.57. The smallest absolute Gasteiger partial charge is 0.226 e. The standard InChI is InChI=1S/C20H20N2O4/c1-12-7-13(2)20-15(8-12)16(22-26-20)9-19(23)21-10-14-11-24-17-5-3-4-6-18(17)25-14/h3-8,14H,9-11H2,1-2H3,(H,21,23). The number of ether oxygens (including phenoxy) is 2. The fourth-order valence-electron chi connectivity index (χ4n) is 3.17. The van der Waals surface area contributed by atoms with Crippen LogP contribution in [0.25, 0.3) is 11.0 Å². The number of aromatic nitrogens is 1. The Morgan fingerprint density at radius 3 is 2.88 bits per heavy atom. The topological polar surface area (TPSA) is 73.6 Å². The lowest BCUT2D eigenvalue weighted by molar-refractivity contribution is -0.121. The van der Waals surface area contributed by atoms with Crippen LogP contribution in [0, 0.1) is 13.8 Å². The van der Waals surface area contributed by atoms with Crippen LogP contribution in [0.4, 0.5) is 0 Å². The minimum atomic E-state index is -0.215. The molecule has 1 aliphatic heterocycles. The van der Waals surface area contributed by atoms with Crippen LogP contribution in [0.3, 0.4) is 0 Å². The molecule has 134 valence electrons. The fourth-order valence-corrected chi connectivity index (χ4v) is 3.17. The van der Waals surface area contributed by atoms with Gasteiger partial charge in [-0.3, -0.25) is 4.79 Å². The number of para-hydroxylation sites is 2. The number of nitrogens with zero attached hydrogens (tertiary/aromatic N) is 1. The summed E-state index contributed by atoms with van der Waals surface area (Å²) < 4.78 is 16.9. The molecule has 0 spiro atoms. The normalized spacial score (nSPS) is 15.8. The molecule has 0 saturated heterocycles. The molecule has 0 aliphatic carbocycles. The molecule has 6 heteroatoms. The van der Waals surface area contributed by atoms with Crippen LogP contribution in [-0.2, 0) is 11.2 Å². The predicted molar refractivity (Wildman–Crippen MR) is 96.5 cm³/mol. The SMILES string of the molecule is Cc1cc(C)c2onc(CC(=O)NCC3COc4ccccc4O3)c2c1. The summed E-state index contributed by atoms with van der Waals surface area (Å²) in [6.45, 7) is 4.77. The molecule has 2 heterocycles. The van der Waals surface area contributed by atoms with Crippen molar-refractivity contribution < 1.29 is 18.8 Å². The summed E-state index contributed by atoms with van der Waals surface area (Å²) in [5.41, 5.74) is 3.52. The van der Waals surface area contributed by atoms with E-state index >= 15 is 0 Å². The molecule has 3 aromatic rings. The molecule has 1 aliphatic rings. The van der Waals surface area contributed by atoms with Gasteiger partial charge in [0.25, 0.3) is 0 Å². The zero-order valence-corrected chi connectivity index (χ0v) is 14.7. The van der Waals surface area contributed by atoms with Crippen LogP contribution in [0.5, 0.6) is 11.5 Å². The van der Waals surface area contributed by atoms with E-state index in [1.165, 1.54) is 0 Å². The van der Waals surface area contributed by atoms with Gasteiger partial charge >= 0.3 is 0 Å². The first-order valence-corrected chi connectivity index (χ1v) is 8.61. The van der Waals surface area contributed by atoms with Crippen LogP contribution in [-0.4, -0.2) is 30.3 Å². The van der Waals surface area contributed by atoms with Gasteiger partial charge in [0.2, 0.25) is 5.91 Å². The Balaban J connectivity index is 1.38. The van der Waals surface area contributed by atoms with Crippen molar-refractivity contribution in [2.75, 3.05) is 13.2 Å². The zero-order valence-electron chi connectivity index (χ0n) is 14.7. The molecule has 1 N–H and O–H groups in total. The van der Waals surface area contributed by atoms with Crippen LogP contribution < -0.4 is 14.8 Å². The van der Waals surface area contributed by atoms with E-state index < -0.39 is 0 Å². The summed E-state index contributed by atoms with van der Waals surface area (Å²) in [6.07, 6.45) is -0.0487. The Bertz CT molecular complexity index is 964. The molecule has 1 unspecified atom stereocenters. The van der Waals surface area contributed by atoms with Crippen molar-refractivity contribution in [3.63, 3.8) is 0 Å². The van der Waals surface area contributed by atoms with Crippen molar-refractivity contribution in [2.45, 2.75) is 26.4 Å². The number of hydrogen-bond acceptors (Lipinski definition) is 5. The molecule has 0 fully saturated rings. The van der Waals surface area contributed by atoms with Gasteiger partial charge in [0.15, 0.2) is 17.1 Å². The minimum Gasteiger partial charge on any atom is -0.486 e. The van der Waals surface area contributed by atoms with E-state index in [1.54, 1.807) is 0 Å². The summed E-state index contributed by atoms with van der Waals surface area (Å²) in [4.78, 5) is 12.3. The van der Waals surface area contributed by atoms with Crippen molar-refractivity contribution >= 4 is 16.9 Å². The molecule has 0 radical (unpaired) electrons. The summed E-state index contributed by atoms with van der Waals surface area (Å²) in [5.74, 6) is 1.31. The molecule has 0 saturated carbocycles. The number of fused-ring (bicyclic) bond motifs is 2. The summed E-state index contributed by atoms with van der Waals surface area (Å²) in [5, 5.41) is 7.85. The lowest BCUT2D eigenvalue weighted by Crippen LogP contribution is -2.41. The Hall–Kier alpha value is -3.02. The van der Waals surface area contributed by atoms with Gasteiger partial charge in [0.1, 0.15) is 18.4 Å². The first-order valence-electron chi connectivity index (χ1n) is 8.61. The highest BCUT2D eigenvalue weighted by molar-refractivity contribution is 5.88. The maximum Gasteiger partial charge on any atom is 0.226 e. The van der Waals surface area contributed by atoms with Crippen molar-refractivity contribution in [3.05, 3.63) is 53.2 Å². The van der Waals surface area contributed by atoms with E-state index in [-0.39, 0.29) is 18.4 Å². The summed E-state index contributed by atoms with van der Waals surface area (Å²) >= 11 is 0. The minimum absolute atomic E-state index is 0.123. The molecule has 26 heavy (non-hydrogen) atoms. The van der Waals surface area contributed by atoms with Gasteiger partial charge < -0.3 is 19.3 Å². The fraction of sp³-hybridized carbons (Fsp3) is 0.300. The molecule has 1 atom stereocenters. The largest absolute Gasteiger partial charge is 0.486 e. The van der Waals surface area contributed by atoms with Gasteiger partial charge in [0, 0.05) is 5.39 Å².